The van der Waals surface area contributed by atoms with Crippen LogP contribution in [0.2, 0.25) is 0 Å². The first-order chi connectivity index (χ1) is 9.99. The van der Waals surface area contributed by atoms with Crippen LogP contribution in [0.15, 0.2) is 12.7 Å². The van der Waals surface area contributed by atoms with Crippen molar-refractivity contribution in [1.82, 2.24) is 19.5 Å². The molecule has 0 radical (unpaired) electrons. The summed E-state index contributed by atoms with van der Waals surface area (Å²) in [6, 6.07) is 0. The molecule has 1 aliphatic rings. The van der Waals surface area contributed by atoms with Crippen LogP contribution < -0.4 is 5.73 Å². The zero-order valence-corrected chi connectivity index (χ0v) is 12.0. The number of ether oxygens (including phenoxy) is 1. The molecule has 0 aliphatic carbocycles. The lowest BCUT2D eigenvalue weighted by atomic mass is 10.1. The molecule has 2 aromatic rings. The third-order valence-corrected chi connectivity index (χ3v) is 4.20. The topological polar surface area (TPSA) is 142 Å². The van der Waals surface area contributed by atoms with Gasteiger partial charge in [-0.3, -0.25) is 4.57 Å². The number of hydrogen-bond donors (Lipinski definition) is 3. The smallest absolute Gasteiger partial charge is 0.167 e. The van der Waals surface area contributed by atoms with Crippen LogP contribution in [0, 0.1) is 0 Å². The van der Waals surface area contributed by atoms with Gasteiger partial charge >= 0.3 is 0 Å². The van der Waals surface area contributed by atoms with E-state index >= 15 is 0 Å². The first kappa shape index (κ1) is 14.5. The van der Waals surface area contributed by atoms with Crippen molar-refractivity contribution in [3.05, 3.63) is 12.7 Å². The van der Waals surface area contributed by atoms with Crippen molar-refractivity contribution in [2.24, 2.45) is 0 Å². The zero-order valence-electron chi connectivity index (χ0n) is 11.2. The summed E-state index contributed by atoms with van der Waals surface area (Å²) in [4.78, 5) is 12.0. The van der Waals surface area contributed by atoms with Gasteiger partial charge in [-0.25, -0.2) is 15.0 Å². The highest BCUT2D eigenvalue weighted by molar-refractivity contribution is 7.90. The van der Waals surface area contributed by atoms with Crippen LogP contribution in [-0.4, -0.2) is 64.6 Å². The molecular formula is C11H15N5O4S. The van der Waals surface area contributed by atoms with Crippen molar-refractivity contribution < 1.29 is 19.5 Å². The van der Waals surface area contributed by atoms with Crippen LogP contribution >= 0.6 is 0 Å². The quantitative estimate of drug-likeness (QED) is 0.575. The number of nitrogen functional groups attached to an aromatic ring is 1. The molecule has 0 bridgehead atoms. The third-order valence-electron chi connectivity index (χ3n) is 3.40. The monoisotopic (exact) mass is 313 g/mol. The van der Waals surface area contributed by atoms with Crippen molar-refractivity contribution in [3.63, 3.8) is 0 Å². The summed E-state index contributed by atoms with van der Waals surface area (Å²) in [6.07, 6.45) is 0.326. The molecule has 4 N–H and O–H groups in total. The lowest BCUT2D eigenvalue weighted by Crippen LogP contribution is -2.35. The Balaban J connectivity index is 1.94. The second-order valence-corrected chi connectivity index (χ2v) is 6.35. The predicted molar refractivity (Wildman–Crippen MR) is 74.6 cm³/mol. The molecule has 3 heterocycles. The largest absolute Gasteiger partial charge is 0.616 e. The summed E-state index contributed by atoms with van der Waals surface area (Å²) in [5.74, 6) is 0.358. The summed E-state index contributed by atoms with van der Waals surface area (Å²) < 4.78 is 18.4. The van der Waals surface area contributed by atoms with Gasteiger partial charge in [-0.05, 0) is 0 Å². The molecule has 2 aromatic heterocycles. The number of aliphatic hydroxyl groups is 2. The van der Waals surface area contributed by atoms with Gasteiger partial charge in [0.1, 0.15) is 35.9 Å². The Hall–Kier alpha value is -1.46. The first-order valence-electron chi connectivity index (χ1n) is 6.23. The molecule has 3 rings (SSSR count). The van der Waals surface area contributed by atoms with Gasteiger partial charge in [-0.1, -0.05) is 11.2 Å². The van der Waals surface area contributed by atoms with E-state index < -0.39 is 35.7 Å². The van der Waals surface area contributed by atoms with Crippen molar-refractivity contribution in [2.75, 3.05) is 17.7 Å². The number of nitrogens with zero attached hydrogens (tertiary/aromatic N) is 4. The maximum absolute atomic E-state index is 11.3. The molecule has 9 nitrogen and oxygen atoms in total. The second kappa shape index (κ2) is 5.39. The Morgan fingerprint density at radius 1 is 1.38 bits per heavy atom. The van der Waals surface area contributed by atoms with Crippen LogP contribution in [0.4, 0.5) is 5.82 Å². The number of anilines is 1. The fourth-order valence-electron chi connectivity index (χ4n) is 2.38. The van der Waals surface area contributed by atoms with Gasteiger partial charge < -0.3 is 25.2 Å². The number of rotatable bonds is 3. The summed E-state index contributed by atoms with van der Waals surface area (Å²) >= 11 is -1.15. The Labute approximate surface area is 123 Å². The average Bonchev–Trinajstić information content (AvgIpc) is 2.96. The fourth-order valence-corrected chi connectivity index (χ4v) is 3.12. The summed E-state index contributed by atoms with van der Waals surface area (Å²) in [7, 11) is 0. The van der Waals surface area contributed by atoms with Crippen LogP contribution in [0.3, 0.4) is 0 Å². The minimum atomic E-state index is -1.17. The van der Waals surface area contributed by atoms with Gasteiger partial charge in [-0.2, -0.15) is 0 Å². The highest BCUT2D eigenvalue weighted by Crippen LogP contribution is 2.32. The molecule has 0 spiro atoms. The Kier molecular flexibility index (Phi) is 3.71. The normalized spacial score (nSPS) is 30.9. The fraction of sp³-hybridized carbons (Fsp3) is 0.545. The molecular weight excluding hydrogens is 298 g/mol. The van der Waals surface area contributed by atoms with Crippen LogP contribution in [-0.2, 0) is 15.9 Å². The van der Waals surface area contributed by atoms with Crippen molar-refractivity contribution in [1.29, 1.82) is 0 Å². The number of nitrogens with two attached hydrogens (primary N) is 1. The molecule has 0 amide bonds. The lowest BCUT2D eigenvalue weighted by Gasteiger charge is -2.16. The number of hydrogen-bond acceptors (Lipinski definition) is 8. The van der Waals surface area contributed by atoms with Gasteiger partial charge in [0.05, 0.1) is 12.6 Å². The molecule has 5 atom stereocenters. The minimum Gasteiger partial charge on any atom is -0.616 e. The SMILES string of the molecule is C[S+]([O-])C[C@H]1O[C@@H](n2cnc3c(N)ncnc32)C(O)C1O. The molecule has 114 valence electrons. The number of fused-ring (bicyclic) bond motifs is 1. The van der Waals surface area contributed by atoms with E-state index in [1.54, 1.807) is 0 Å². The van der Waals surface area contributed by atoms with E-state index in [0.29, 0.717) is 11.2 Å². The molecule has 0 aromatic carbocycles. The van der Waals surface area contributed by atoms with E-state index in [2.05, 4.69) is 15.0 Å². The Morgan fingerprint density at radius 2 is 2.14 bits per heavy atom. The number of aromatic nitrogens is 4. The van der Waals surface area contributed by atoms with Crippen LogP contribution in [0.1, 0.15) is 6.23 Å². The van der Waals surface area contributed by atoms with Crippen molar-refractivity contribution in [3.8, 4) is 0 Å². The average molecular weight is 313 g/mol. The third kappa shape index (κ3) is 2.45. The number of imidazole rings is 1. The molecule has 1 aliphatic heterocycles. The Morgan fingerprint density at radius 3 is 2.86 bits per heavy atom. The lowest BCUT2D eigenvalue weighted by molar-refractivity contribution is -0.0292. The van der Waals surface area contributed by atoms with E-state index in [1.807, 2.05) is 0 Å². The van der Waals surface area contributed by atoms with E-state index in [1.165, 1.54) is 23.5 Å². The predicted octanol–water partition coefficient (Wildman–Crippen LogP) is -1.59. The molecule has 0 saturated carbocycles. The van der Waals surface area contributed by atoms with Gasteiger partial charge in [0, 0.05) is 0 Å². The summed E-state index contributed by atoms with van der Waals surface area (Å²) in [6.45, 7) is 0. The molecule has 21 heavy (non-hydrogen) atoms. The second-order valence-electron chi connectivity index (χ2n) is 4.87. The maximum Gasteiger partial charge on any atom is 0.167 e. The van der Waals surface area contributed by atoms with Gasteiger partial charge in [0.2, 0.25) is 0 Å². The summed E-state index contributed by atoms with van der Waals surface area (Å²) in [5, 5.41) is 20.1. The van der Waals surface area contributed by atoms with Gasteiger partial charge in [-0.15, -0.1) is 0 Å². The first-order valence-corrected chi connectivity index (χ1v) is 7.96. The van der Waals surface area contributed by atoms with Gasteiger partial charge in [0.25, 0.3) is 0 Å². The standard InChI is InChI=1S/C11H15N5O4S/c1-21(19)2-5-7(17)8(18)11(20-5)16-4-15-6-9(12)13-3-14-10(6)16/h3-5,7-8,11,17-18H,2H2,1H3,(H2,12,13,14)/t5-,7?,8?,11-,21?/m1/s1. The van der Waals surface area contributed by atoms with Crippen molar-refractivity contribution in [2.45, 2.75) is 24.5 Å². The Bertz CT molecular complexity index is 651. The van der Waals surface area contributed by atoms with Crippen molar-refractivity contribution >= 4 is 28.2 Å². The zero-order chi connectivity index (χ0) is 15.1. The van der Waals surface area contributed by atoms with Gasteiger partial charge in [0.15, 0.2) is 17.7 Å². The van der Waals surface area contributed by atoms with Crippen LogP contribution in [0.5, 0.6) is 0 Å². The highest BCUT2D eigenvalue weighted by Gasteiger charge is 2.45. The van der Waals surface area contributed by atoms with Crippen LogP contribution in [0.25, 0.3) is 11.2 Å². The molecule has 1 saturated heterocycles. The summed E-state index contributed by atoms with van der Waals surface area (Å²) in [5.41, 5.74) is 6.50. The highest BCUT2D eigenvalue weighted by atomic mass is 32.2. The van der Waals surface area contributed by atoms with E-state index in [0.717, 1.165) is 0 Å². The minimum absolute atomic E-state index is 0.137. The van der Waals surface area contributed by atoms with E-state index in [9.17, 15) is 14.8 Å². The molecule has 3 unspecified atom stereocenters. The van der Waals surface area contributed by atoms with E-state index in [4.69, 9.17) is 10.5 Å². The van der Waals surface area contributed by atoms with E-state index in [-0.39, 0.29) is 11.6 Å². The number of aliphatic hydroxyl groups excluding tert-OH is 2. The maximum atomic E-state index is 11.3. The molecule has 10 heteroatoms. The molecule has 1 fully saturated rings.